The lowest BCUT2D eigenvalue weighted by atomic mass is 10.1. The van der Waals surface area contributed by atoms with Crippen LogP contribution in [0.3, 0.4) is 0 Å². The largest absolute Gasteiger partial charge is 0.492 e. The van der Waals surface area contributed by atoms with E-state index in [1.807, 2.05) is 0 Å². The van der Waals surface area contributed by atoms with E-state index in [2.05, 4.69) is 54.4 Å². The van der Waals surface area contributed by atoms with Gasteiger partial charge >= 0.3 is 0 Å². The molecule has 0 aliphatic carbocycles. The van der Waals surface area contributed by atoms with Crippen LogP contribution in [0.4, 0.5) is 0 Å². The number of ether oxygens (including phenoxy) is 1. The second-order valence-corrected chi connectivity index (χ2v) is 5.37. The van der Waals surface area contributed by atoms with Crippen LogP contribution in [0.5, 0.6) is 5.75 Å². The van der Waals surface area contributed by atoms with E-state index in [1.165, 1.54) is 17.6 Å². The smallest absolute Gasteiger partial charge is 0.119 e. The Morgan fingerprint density at radius 1 is 1.25 bits per heavy atom. The Morgan fingerprint density at radius 3 is 2.70 bits per heavy atom. The lowest BCUT2D eigenvalue weighted by molar-refractivity contribution is 0.219. The fourth-order valence-electron chi connectivity index (χ4n) is 2.28. The molecule has 0 bridgehead atoms. The molecule has 3 nitrogen and oxygen atoms in total. The summed E-state index contributed by atoms with van der Waals surface area (Å²) in [6.07, 6.45) is 3.51. The summed E-state index contributed by atoms with van der Waals surface area (Å²) in [6.45, 7) is 10.3. The van der Waals surface area contributed by atoms with Gasteiger partial charge in [-0.2, -0.15) is 0 Å². The minimum Gasteiger partial charge on any atom is -0.492 e. The minimum atomic E-state index is 0.763. The van der Waals surface area contributed by atoms with Crippen LogP contribution in [0.15, 0.2) is 35.9 Å². The van der Waals surface area contributed by atoms with Gasteiger partial charge in [0.25, 0.3) is 0 Å². The SMILES string of the molecule is CCNCc1ccc(OCCN2CC=C(C)CC2)cc1. The Labute approximate surface area is 122 Å². The Bertz CT molecular complexity index is 425. The van der Waals surface area contributed by atoms with Gasteiger partial charge in [-0.1, -0.05) is 30.7 Å². The molecular weight excluding hydrogens is 248 g/mol. The summed E-state index contributed by atoms with van der Waals surface area (Å²) in [7, 11) is 0. The molecule has 0 amide bonds. The van der Waals surface area contributed by atoms with Gasteiger partial charge in [0.05, 0.1) is 0 Å². The second-order valence-electron chi connectivity index (χ2n) is 5.37. The zero-order valence-electron chi connectivity index (χ0n) is 12.7. The Hall–Kier alpha value is -1.32. The molecule has 0 saturated carbocycles. The van der Waals surface area contributed by atoms with Crippen molar-refractivity contribution >= 4 is 0 Å². The molecule has 0 radical (unpaired) electrons. The van der Waals surface area contributed by atoms with E-state index >= 15 is 0 Å². The molecule has 1 N–H and O–H groups in total. The monoisotopic (exact) mass is 274 g/mol. The molecule has 2 rings (SSSR count). The van der Waals surface area contributed by atoms with Crippen molar-refractivity contribution in [3.8, 4) is 5.75 Å². The van der Waals surface area contributed by atoms with E-state index in [1.54, 1.807) is 0 Å². The van der Waals surface area contributed by atoms with Gasteiger partial charge in [-0.3, -0.25) is 4.90 Å². The van der Waals surface area contributed by atoms with Crippen LogP contribution in [-0.4, -0.2) is 37.7 Å². The van der Waals surface area contributed by atoms with Gasteiger partial charge in [0.15, 0.2) is 0 Å². The van der Waals surface area contributed by atoms with Crippen molar-refractivity contribution in [2.24, 2.45) is 0 Å². The highest BCUT2D eigenvalue weighted by atomic mass is 16.5. The van der Waals surface area contributed by atoms with Gasteiger partial charge in [-0.15, -0.1) is 0 Å². The van der Waals surface area contributed by atoms with Gasteiger partial charge in [0.1, 0.15) is 12.4 Å². The highest BCUT2D eigenvalue weighted by Gasteiger charge is 2.08. The third kappa shape index (κ3) is 4.99. The van der Waals surface area contributed by atoms with Gasteiger partial charge in [-0.25, -0.2) is 0 Å². The van der Waals surface area contributed by atoms with Gasteiger partial charge in [-0.05, 0) is 37.6 Å². The van der Waals surface area contributed by atoms with Gasteiger partial charge in [0.2, 0.25) is 0 Å². The van der Waals surface area contributed by atoms with Crippen molar-refractivity contribution in [1.82, 2.24) is 10.2 Å². The summed E-state index contributed by atoms with van der Waals surface area (Å²) in [6, 6.07) is 8.38. The van der Waals surface area contributed by atoms with E-state index in [0.29, 0.717) is 0 Å². The van der Waals surface area contributed by atoms with Crippen molar-refractivity contribution in [2.45, 2.75) is 26.8 Å². The maximum atomic E-state index is 5.81. The van der Waals surface area contributed by atoms with Gasteiger partial charge in [0, 0.05) is 26.2 Å². The minimum absolute atomic E-state index is 0.763. The lowest BCUT2D eigenvalue weighted by Gasteiger charge is -2.25. The molecule has 1 aromatic rings. The molecular formula is C17H26N2O. The highest BCUT2D eigenvalue weighted by Crippen LogP contribution is 2.13. The molecule has 0 saturated heterocycles. The van der Waals surface area contributed by atoms with Crippen LogP contribution < -0.4 is 10.1 Å². The summed E-state index contributed by atoms with van der Waals surface area (Å²) in [4.78, 5) is 2.44. The molecule has 20 heavy (non-hydrogen) atoms. The average Bonchev–Trinajstić information content (AvgIpc) is 2.48. The Kier molecular flexibility index (Phi) is 6.09. The fourth-order valence-corrected chi connectivity index (χ4v) is 2.28. The van der Waals surface area contributed by atoms with E-state index in [4.69, 9.17) is 4.74 Å². The normalized spacial score (nSPS) is 16.0. The van der Waals surface area contributed by atoms with Crippen LogP contribution in [0, 0.1) is 0 Å². The Morgan fingerprint density at radius 2 is 2.05 bits per heavy atom. The number of nitrogens with zero attached hydrogens (tertiary/aromatic N) is 1. The number of hydrogen-bond acceptors (Lipinski definition) is 3. The quantitative estimate of drug-likeness (QED) is 0.774. The van der Waals surface area contributed by atoms with Crippen molar-refractivity contribution in [3.63, 3.8) is 0 Å². The third-order valence-electron chi connectivity index (χ3n) is 3.70. The van der Waals surface area contributed by atoms with E-state index < -0.39 is 0 Å². The van der Waals surface area contributed by atoms with E-state index in [-0.39, 0.29) is 0 Å². The van der Waals surface area contributed by atoms with Crippen LogP contribution in [0.1, 0.15) is 25.8 Å². The predicted molar refractivity (Wildman–Crippen MR) is 84.1 cm³/mol. The van der Waals surface area contributed by atoms with E-state index in [9.17, 15) is 0 Å². The first-order chi connectivity index (χ1) is 9.78. The first-order valence-corrected chi connectivity index (χ1v) is 7.58. The molecule has 3 heteroatoms. The zero-order valence-corrected chi connectivity index (χ0v) is 12.7. The molecule has 0 spiro atoms. The predicted octanol–water partition coefficient (Wildman–Crippen LogP) is 2.83. The molecule has 0 aromatic heterocycles. The maximum Gasteiger partial charge on any atom is 0.119 e. The second kappa shape index (κ2) is 8.08. The van der Waals surface area contributed by atoms with Crippen molar-refractivity contribution in [2.75, 3.05) is 32.8 Å². The maximum absolute atomic E-state index is 5.81. The van der Waals surface area contributed by atoms with Crippen molar-refractivity contribution in [3.05, 3.63) is 41.5 Å². The number of rotatable bonds is 7. The van der Waals surface area contributed by atoms with Gasteiger partial charge < -0.3 is 10.1 Å². The number of nitrogens with one attached hydrogen (secondary N) is 1. The molecule has 1 heterocycles. The number of hydrogen-bond donors (Lipinski definition) is 1. The fraction of sp³-hybridized carbons (Fsp3) is 0.529. The summed E-state index contributed by atoms with van der Waals surface area (Å²) < 4.78 is 5.81. The first kappa shape index (κ1) is 15.1. The van der Waals surface area contributed by atoms with E-state index in [0.717, 1.165) is 45.1 Å². The standard InChI is InChI=1S/C17H26N2O/c1-3-18-14-16-4-6-17(7-5-16)20-13-12-19-10-8-15(2)9-11-19/h4-8,18H,3,9-14H2,1-2H3. The summed E-state index contributed by atoms with van der Waals surface area (Å²) in [5.41, 5.74) is 2.81. The van der Waals surface area contributed by atoms with Crippen LogP contribution >= 0.6 is 0 Å². The van der Waals surface area contributed by atoms with Crippen LogP contribution in [0.25, 0.3) is 0 Å². The zero-order chi connectivity index (χ0) is 14.2. The molecule has 1 aliphatic heterocycles. The topological polar surface area (TPSA) is 24.5 Å². The van der Waals surface area contributed by atoms with Crippen LogP contribution in [0.2, 0.25) is 0 Å². The molecule has 1 aliphatic rings. The molecule has 1 aromatic carbocycles. The third-order valence-corrected chi connectivity index (χ3v) is 3.70. The molecule has 0 unspecified atom stereocenters. The molecule has 110 valence electrons. The highest BCUT2D eigenvalue weighted by molar-refractivity contribution is 5.27. The molecule has 0 fully saturated rings. The average molecular weight is 274 g/mol. The summed E-state index contributed by atoms with van der Waals surface area (Å²) in [5, 5.41) is 3.32. The van der Waals surface area contributed by atoms with Crippen molar-refractivity contribution < 1.29 is 4.74 Å². The lowest BCUT2D eigenvalue weighted by Crippen LogP contribution is -2.32. The Balaban J connectivity index is 1.69. The summed E-state index contributed by atoms with van der Waals surface area (Å²) >= 11 is 0. The molecule has 0 atom stereocenters. The van der Waals surface area contributed by atoms with Crippen molar-refractivity contribution in [1.29, 1.82) is 0 Å². The first-order valence-electron chi connectivity index (χ1n) is 7.58. The number of benzene rings is 1. The van der Waals surface area contributed by atoms with Crippen LogP contribution in [-0.2, 0) is 6.54 Å². The summed E-state index contributed by atoms with van der Waals surface area (Å²) in [5.74, 6) is 0.967.